The highest BCUT2D eigenvalue weighted by molar-refractivity contribution is 5.92. The molecule has 3 rings (SSSR count). The van der Waals surface area contributed by atoms with Crippen LogP contribution >= 0.6 is 0 Å². The first kappa shape index (κ1) is 30.1. The SMILES string of the molecule is CCCC(=O)N1CCC(CCCC2CCN(C(=O)CCN(C)CCC[n+]3cccc(C(N)=O)c3)CC2)CC1. The fourth-order valence-electron chi connectivity index (χ4n) is 5.90. The molecule has 0 spiro atoms. The van der Waals surface area contributed by atoms with Gasteiger partial charge in [0.05, 0.1) is 0 Å². The predicted molar refractivity (Wildman–Crippen MR) is 149 cm³/mol. The highest BCUT2D eigenvalue weighted by Gasteiger charge is 2.25. The number of nitrogens with zero attached hydrogens (tertiary/aromatic N) is 4. The van der Waals surface area contributed by atoms with Crippen molar-refractivity contribution in [2.45, 2.75) is 84.1 Å². The lowest BCUT2D eigenvalue weighted by atomic mass is 9.86. The van der Waals surface area contributed by atoms with Gasteiger partial charge in [0, 0.05) is 64.6 Å². The molecule has 8 heteroatoms. The molecule has 0 bridgehead atoms. The number of aryl methyl sites for hydroxylation is 1. The first-order chi connectivity index (χ1) is 18.4. The fourth-order valence-corrected chi connectivity index (χ4v) is 5.90. The first-order valence-electron chi connectivity index (χ1n) is 14.9. The van der Waals surface area contributed by atoms with Crippen LogP contribution in [0.1, 0.15) is 87.9 Å². The quantitative estimate of drug-likeness (QED) is 0.376. The average Bonchev–Trinajstić information content (AvgIpc) is 2.93. The summed E-state index contributed by atoms with van der Waals surface area (Å²) in [6, 6.07) is 3.57. The normalized spacial score (nSPS) is 17.2. The zero-order valence-electron chi connectivity index (χ0n) is 23.8. The Morgan fingerprint density at radius 1 is 0.921 bits per heavy atom. The van der Waals surface area contributed by atoms with E-state index >= 15 is 0 Å². The fraction of sp³-hybridized carbons (Fsp3) is 0.733. The standard InChI is InChI=1S/C30H49N5O3/c1-3-7-28(36)34-20-11-25(12-21-34)8-4-9-26-13-22-35(23-14-26)29(37)15-19-32(2)16-6-18-33-17-5-10-27(24-33)30(31)38/h5,10,17,24-26H,3-4,6-9,11-16,18-23H2,1-2H3,(H-,31,38)/p+1. The second-order valence-corrected chi connectivity index (χ2v) is 11.4. The average molecular weight is 529 g/mol. The Bertz CT molecular complexity index is 892. The topological polar surface area (TPSA) is 90.8 Å². The van der Waals surface area contributed by atoms with Crippen LogP contribution in [0.25, 0.3) is 0 Å². The molecule has 1 aromatic heterocycles. The molecule has 2 N–H and O–H groups in total. The number of amides is 3. The molecule has 2 aliphatic rings. The molecule has 1 aromatic rings. The molecule has 0 aromatic carbocycles. The number of primary amides is 1. The Morgan fingerprint density at radius 2 is 1.50 bits per heavy atom. The van der Waals surface area contributed by atoms with Gasteiger partial charge in [-0.05, 0) is 57.1 Å². The molecule has 3 amide bonds. The third kappa shape index (κ3) is 10.0. The van der Waals surface area contributed by atoms with E-state index in [0.717, 1.165) is 96.2 Å². The van der Waals surface area contributed by atoms with Crippen molar-refractivity contribution in [3.8, 4) is 0 Å². The number of rotatable bonds is 14. The Kier molecular flexibility index (Phi) is 12.5. The number of pyridine rings is 1. The number of hydrogen-bond donors (Lipinski definition) is 1. The van der Waals surface area contributed by atoms with Gasteiger partial charge in [0.15, 0.2) is 12.4 Å². The van der Waals surface area contributed by atoms with E-state index in [2.05, 4.69) is 28.7 Å². The molecule has 2 fully saturated rings. The van der Waals surface area contributed by atoms with Gasteiger partial charge < -0.3 is 20.4 Å². The summed E-state index contributed by atoms with van der Waals surface area (Å²) >= 11 is 0. The molecule has 0 aliphatic carbocycles. The summed E-state index contributed by atoms with van der Waals surface area (Å²) in [4.78, 5) is 42.5. The van der Waals surface area contributed by atoms with Gasteiger partial charge in [-0.1, -0.05) is 26.2 Å². The molecule has 2 aliphatic heterocycles. The van der Waals surface area contributed by atoms with E-state index < -0.39 is 5.91 Å². The number of hydrogen-bond acceptors (Lipinski definition) is 4. The smallest absolute Gasteiger partial charge is 0.254 e. The molecule has 0 saturated carbocycles. The van der Waals surface area contributed by atoms with Crippen LogP contribution in [-0.4, -0.2) is 78.7 Å². The van der Waals surface area contributed by atoms with Crippen LogP contribution in [-0.2, 0) is 16.1 Å². The van der Waals surface area contributed by atoms with E-state index in [1.165, 1.54) is 19.3 Å². The van der Waals surface area contributed by atoms with Gasteiger partial charge >= 0.3 is 0 Å². The monoisotopic (exact) mass is 528 g/mol. The maximum atomic E-state index is 12.8. The van der Waals surface area contributed by atoms with Gasteiger partial charge in [-0.25, -0.2) is 4.57 Å². The largest absolute Gasteiger partial charge is 0.365 e. The highest BCUT2D eigenvalue weighted by atomic mass is 16.2. The minimum Gasteiger partial charge on any atom is -0.365 e. The van der Waals surface area contributed by atoms with Crippen molar-refractivity contribution in [3.05, 3.63) is 30.1 Å². The number of piperidine rings is 2. The van der Waals surface area contributed by atoms with E-state index in [1.807, 2.05) is 16.8 Å². The van der Waals surface area contributed by atoms with Crippen LogP contribution in [0.2, 0.25) is 0 Å². The van der Waals surface area contributed by atoms with Gasteiger partial charge in [-0.2, -0.15) is 0 Å². The second-order valence-electron chi connectivity index (χ2n) is 11.4. The minimum atomic E-state index is -0.410. The van der Waals surface area contributed by atoms with Gasteiger partial charge in [-0.3, -0.25) is 14.4 Å². The maximum absolute atomic E-state index is 12.8. The minimum absolute atomic E-state index is 0.281. The molecule has 212 valence electrons. The van der Waals surface area contributed by atoms with Crippen molar-refractivity contribution < 1.29 is 19.0 Å². The lowest BCUT2D eigenvalue weighted by Crippen LogP contribution is -2.40. The Balaban J connectivity index is 1.23. The molecule has 3 heterocycles. The lowest BCUT2D eigenvalue weighted by Gasteiger charge is -2.34. The Morgan fingerprint density at radius 3 is 2.05 bits per heavy atom. The van der Waals surface area contributed by atoms with E-state index in [-0.39, 0.29) is 5.91 Å². The molecular weight excluding hydrogens is 478 g/mol. The zero-order valence-corrected chi connectivity index (χ0v) is 23.8. The molecule has 8 nitrogen and oxygen atoms in total. The van der Waals surface area contributed by atoms with Crippen LogP contribution in [0.4, 0.5) is 0 Å². The summed E-state index contributed by atoms with van der Waals surface area (Å²) in [6.07, 6.45) is 15.3. The Labute approximate surface area is 229 Å². The van der Waals surface area contributed by atoms with Crippen molar-refractivity contribution in [3.63, 3.8) is 0 Å². The van der Waals surface area contributed by atoms with E-state index in [4.69, 9.17) is 5.73 Å². The number of likely N-dealkylation sites (tertiary alicyclic amines) is 2. The second kappa shape index (κ2) is 15.8. The van der Waals surface area contributed by atoms with Crippen molar-refractivity contribution in [1.29, 1.82) is 0 Å². The van der Waals surface area contributed by atoms with E-state index in [1.54, 1.807) is 12.3 Å². The molecule has 0 atom stereocenters. The van der Waals surface area contributed by atoms with Crippen LogP contribution in [0, 0.1) is 11.8 Å². The summed E-state index contributed by atoms with van der Waals surface area (Å²) in [7, 11) is 2.07. The van der Waals surface area contributed by atoms with Crippen molar-refractivity contribution in [1.82, 2.24) is 14.7 Å². The van der Waals surface area contributed by atoms with E-state index in [9.17, 15) is 14.4 Å². The number of carbonyl (C=O) groups excluding carboxylic acids is 3. The third-order valence-corrected chi connectivity index (χ3v) is 8.43. The van der Waals surface area contributed by atoms with Crippen molar-refractivity contribution in [2.75, 3.05) is 46.3 Å². The summed E-state index contributed by atoms with van der Waals surface area (Å²) in [6.45, 7) is 8.25. The molecule has 0 unspecified atom stereocenters. The molecular formula is C30H50N5O3+. The van der Waals surface area contributed by atoms with Crippen LogP contribution < -0.4 is 10.3 Å². The molecule has 38 heavy (non-hydrogen) atoms. The number of carbonyl (C=O) groups is 3. The van der Waals surface area contributed by atoms with Gasteiger partial charge in [0.25, 0.3) is 5.91 Å². The maximum Gasteiger partial charge on any atom is 0.254 e. The third-order valence-electron chi connectivity index (χ3n) is 8.43. The Hall–Kier alpha value is -2.48. The van der Waals surface area contributed by atoms with Crippen LogP contribution in [0.3, 0.4) is 0 Å². The van der Waals surface area contributed by atoms with E-state index in [0.29, 0.717) is 24.3 Å². The van der Waals surface area contributed by atoms with Gasteiger partial charge in [0.1, 0.15) is 12.1 Å². The number of nitrogens with two attached hydrogens (primary N) is 1. The summed E-state index contributed by atoms with van der Waals surface area (Å²) in [5.74, 6) is 1.73. The van der Waals surface area contributed by atoms with Gasteiger partial charge in [-0.15, -0.1) is 0 Å². The van der Waals surface area contributed by atoms with Crippen LogP contribution in [0.15, 0.2) is 24.5 Å². The molecule has 0 radical (unpaired) electrons. The summed E-state index contributed by atoms with van der Waals surface area (Å²) in [5, 5.41) is 0. The molecule has 2 saturated heterocycles. The predicted octanol–water partition coefficient (Wildman–Crippen LogP) is 3.23. The van der Waals surface area contributed by atoms with Crippen LogP contribution in [0.5, 0.6) is 0 Å². The lowest BCUT2D eigenvalue weighted by molar-refractivity contribution is -0.697. The highest BCUT2D eigenvalue weighted by Crippen LogP contribution is 2.27. The summed E-state index contributed by atoms with van der Waals surface area (Å²) in [5.41, 5.74) is 5.88. The number of aromatic nitrogens is 1. The first-order valence-corrected chi connectivity index (χ1v) is 14.9. The van der Waals surface area contributed by atoms with Crippen molar-refractivity contribution >= 4 is 17.7 Å². The zero-order chi connectivity index (χ0) is 27.3. The van der Waals surface area contributed by atoms with Crippen molar-refractivity contribution in [2.24, 2.45) is 17.6 Å². The van der Waals surface area contributed by atoms with Gasteiger partial charge in [0.2, 0.25) is 11.8 Å². The summed E-state index contributed by atoms with van der Waals surface area (Å²) < 4.78 is 1.99.